The minimum absolute atomic E-state index is 0. The molecule has 0 bridgehead atoms. The number of hydrogen-bond donors (Lipinski definition) is 1. The van der Waals surface area contributed by atoms with Gasteiger partial charge in [-0.25, -0.2) is 4.57 Å². The molecule has 0 rings (SSSR count). The predicted octanol–water partition coefficient (Wildman–Crippen LogP) is 2.06. The summed E-state index contributed by atoms with van der Waals surface area (Å²) in [5.74, 6) is 0. The van der Waals surface area contributed by atoms with Gasteiger partial charge in [0.15, 0.2) is 0 Å². The molecule has 0 amide bonds. The SMILES string of the molecule is C.C.C.C.O=PO.O=S=O. The third-order valence-electron chi connectivity index (χ3n) is 0. The molecule has 0 unspecified atom stereocenters. The van der Waals surface area contributed by atoms with Gasteiger partial charge in [-0.1, -0.05) is 29.7 Å². The van der Waals surface area contributed by atoms with Gasteiger partial charge in [-0.3, -0.25) is 0 Å². The van der Waals surface area contributed by atoms with Crippen molar-refractivity contribution in [3.05, 3.63) is 0 Å². The van der Waals surface area contributed by atoms with Crippen LogP contribution in [0.1, 0.15) is 29.7 Å². The summed E-state index contributed by atoms with van der Waals surface area (Å²) in [7, 11) is -0.833. The first-order valence-corrected chi connectivity index (χ1v) is 2.15. The maximum Gasteiger partial charge on any atom is 0.335 e. The van der Waals surface area contributed by atoms with E-state index in [2.05, 4.69) is 0 Å². The first-order valence-electron chi connectivity index (χ1n) is 0.716. The van der Waals surface area contributed by atoms with Gasteiger partial charge in [0, 0.05) is 0 Å². The molecule has 0 atom stereocenters. The summed E-state index contributed by atoms with van der Waals surface area (Å²) < 4.78 is 25.0. The van der Waals surface area contributed by atoms with E-state index in [-0.39, 0.29) is 29.7 Å². The molecule has 0 fully saturated rings. The largest absolute Gasteiger partial charge is 0.335 e. The van der Waals surface area contributed by atoms with E-state index in [1.807, 2.05) is 0 Å². The highest BCUT2D eigenvalue weighted by atomic mass is 32.1. The molecule has 0 aliphatic heterocycles. The molecular formula is C4H17O4PS. The Hall–Kier alpha value is -0.120. The van der Waals surface area contributed by atoms with Crippen LogP contribution in [-0.2, 0) is 16.1 Å². The van der Waals surface area contributed by atoms with E-state index in [4.69, 9.17) is 17.9 Å². The molecule has 4 nitrogen and oxygen atoms in total. The molecule has 10 heavy (non-hydrogen) atoms. The summed E-state index contributed by atoms with van der Waals surface area (Å²) in [6.45, 7) is 0. The second kappa shape index (κ2) is 156. The molecule has 0 saturated heterocycles. The van der Waals surface area contributed by atoms with Crippen molar-refractivity contribution in [2.75, 3.05) is 0 Å². The topological polar surface area (TPSA) is 71.4 Å². The Kier molecular flexibility index (Phi) is 807. The normalized spacial score (nSPS) is 3.30. The van der Waals surface area contributed by atoms with Gasteiger partial charge in [0.1, 0.15) is 0 Å². The summed E-state index contributed by atoms with van der Waals surface area (Å²) in [5, 5.41) is 0. The van der Waals surface area contributed by atoms with E-state index >= 15 is 0 Å². The van der Waals surface area contributed by atoms with Crippen molar-refractivity contribution in [1.29, 1.82) is 0 Å². The van der Waals surface area contributed by atoms with Crippen LogP contribution in [0.25, 0.3) is 0 Å². The Morgan fingerprint density at radius 3 is 1.00 bits per heavy atom. The van der Waals surface area contributed by atoms with Gasteiger partial charge in [-0.05, 0) is 0 Å². The van der Waals surface area contributed by atoms with Crippen molar-refractivity contribution < 1.29 is 17.9 Å². The van der Waals surface area contributed by atoms with Gasteiger partial charge >= 0.3 is 20.3 Å². The third kappa shape index (κ3) is 25900. The van der Waals surface area contributed by atoms with Crippen molar-refractivity contribution in [3.63, 3.8) is 0 Å². The summed E-state index contributed by atoms with van der Waals surface area (Å²) in [5.41, 5.74) is 0. The molecule has 0 saturated carbocycles. The van der Waals surface area contributed by atoms with Crippen molar-refractivity contribution in [1.82, 2.24) is 0 Å². The smallest absolute Gasteiger partial charge is 0.310 e. The monoisotopic (exact) mass is 192 g/mol. The van der Waals surface area contributed by atoms with Crippen molar-refractivity contribution in [2.24, 2.45) is 0 Å². The Balaban J connectivity index is -0.00000000571. The van der Waals surface area contributed by atoms with E-state index in [1.54, 1.807) is 0 Å². The van der Waals surface area contributed by atoms with E-state index in [0.717, 1.165) is 0 Å². The van der Waals surface area contributed by atoms with Crippen molar-refractivity contribution in [2.45, 2.75) is 29.7 Å². The molecule has 0 spiro atoms. The van der Waals surface area contributed by atoms with E-state index in [9.17, 15) is 0 Å². The fraction of sp³-hybridized carbons (Fsp3) is 1.00. The maximum atomic E-state index is 8.46. The van der Waals surface area contributed by atoms with Crippen LogP contribution in [0.2, 0.25) is 0 Å². The van der Waals surface area contributed by atoms with Gasteiger partial charge in [0.25, 0.3) is 0 Å². The highest BCUT2D eigenvalue weighted by Gasteiger charge is 1.28. The van der Waals surface area contributed by atoms with Crippen LogP contribution in [0.5, 0.6) is 0 Å². The average Bonchev–Trinajstić information content (AvgIpc) is 1.39. The maximum absolute atomic E-state index is 8.46. The Bertz CT molecular complexity index is 62.3. The van der Waals surface area contributed by atoms with Crippen molar-refractivity contribution >= 4 is 20.3 Å². The van der Waals surface area contributed by atoms with Gasteiger partial charge < -0.3 is 4.89 Å². The zero-order valence-electron chi connectivity index (χ0n) is 2.53. The van der Waals surface area contributed by atoms with Crippen LogP contribution in [0.15, 0.2) is 0 Å². The van der Waals surface area contributed by atoms with Gasteiger partial charge in [-0.15, -0.1) is 0 Å². The molecule has 0 heterocycles. The Morgan fingerprint density at radius 1 is 1.00 bits per heavy atom. The molecule has 68 valence electrons. The predicted molar refractivity (Wildman–Crippen MR) is 45.7 cm³/mol. The van der Waals surface area contributed by atoms with E-state index in [1.165, 1.54) is 0 Å². The van der Waals surface area contributed by atoms with Crippen LogP contribution in [-0.4, -0.2) is 13.3 Å². The lowest BCUT2D eigenvalue weighted by atomic mass is 12.0. The minimum atomic E-state index is -0.833. The molecule has 0 aliphatic carbocycles. The Morgan fingerprint density at radius 2 is 1.00 bits per heavy atom. The summed E-state index contributed by atoms with van der Waals surface area (Å²) in [4.78, 5) is 6.99. The zero-order valence-corrected chi connectivity index (χ0v) is 4.24. The van der Waals surface area contributed by atoms with Gasteiger partial charge in [-0.2, -0.15) is 8.42 Å². The summed E-state index contributed by atoms with van der Waals surface area (Å²) >= 11 is -0.750. The summed E-state index contributed by atoms with van der Waals surface area (Å²) in [6, 6.07) is 0. The molecule has 0 aliphatic rings. The van der Waals surface area contributed by atoms with Gasteiger partial charge in [0.2, 0.25) is 0 Å². The first-order chi connectivity index (χ1) is 2.83. The Labute approximate surface area is 68.6 Å². The highest BCUT2D eigenvalue weighted by Crippen LogP contribution is 1.66. The first kappa shape index (κ1) is 51.8. The lowest BCUT2D eigenvalue weighted by molar-refractivity contribution is 0.524. The van der Waals surface area contributed by atoms with Gasteiger partial charge in [0.05, 0.1) is 0 Å². The van der Waals surface area contributed by atoms with E-state index in [0.29, 0.717) is 0 Å². The lowest BCUT2D eigenvalue weighted by Gasteiger charge is -1.24. The van der Waals surface area contributed by atoms with Crippen LogP contribution in [0, 0.1) is 0 Å². The second-order valence-electron chi connectivity index (χ2n) is 0.150. The summed E-state index contributed by atoms with van der Waals surface area (Å²) in [6.07, 6.45) is 0. The standard InChI is InChI=1S/4CH4.HO2P.O2S/c;;;;2*1-3-2/h4*1H4;(H,1,2);. The molecular weight excluding hydrogens is 175 g/mol. The second-order valence-corrected chi connectivity index (χ2v) is 0.449. The molecule has 0 aromatic heterocycles. The van der Waals surface area contributed by atoms with Crippen LogP contribution < -0.4 is 0 Å². The van der Waals surface area contributed by atoms with Crippen LogP contribution in [0.4, 0.5) is 0 Å². The number of rotatable bonds is 0. The quantitative estimate of drug-likeness (QED) is 0.596. The van der Waals surface area contributed by atoms with E-state index < -0.39 is 20.3 Å². The minimum Gasteiger partial charge on any atom is -0.310 e. The molecule has 0 radical (unpaired) electrons. The molecule has 0 aromatic rings. The molecule has 6 heteroatoms. The molecule has 0 aromatic carbocycles. The molecule has 1 N–H and O–H groups in total. The fourth-order valence-corrected chi connectivity index (χ4v) is 0. The van der Waals surface area contributed by atoms with Crippen LogP contribution in [0.3, 0.4) is 0 Å². The third-order valence-corrected chi connectivity index (χ3v) is 0. The zero-order chi connectivity index (χ0) is 5.41. The average molecular weight is 192 g/mol. The highest BCUT2D eigenvalue weighted by molar-refractivity contribution is 7.51. The fourth-order valence-electron chi connectivity index (χ4n) is 0. The lowest BCUT2D eigenvalue weighted by Crippen LogP contribution is -1.18. The van der Waals surface area contributed by atoms with Crippen LogP contribution >= 0.6 is 8.69 Å². The number of hydrogen-bond acceptors (Lipinski definition) is 3. The van der Waals surface area contributed by atoms with Crippen molar-refractivity contribution in [3.8, 4) is 0 Å².